The Bertz CT molecular complexity index is 1910. The fourth-order valence-electron chi connectivity index (χ4n) is 7.44. The highest BCUT2D eigenvalue weighted by atomic mass is 35.5. The standard InChI is InChI=1S/C34H35ClF2N4O4S/c1-18-12-24(29-28(38-18)26(17-46-29)33(43)44)23-13-21(35)5-6-27(23)45-11-10-41-19(2)39-30-25(32(41)42)14-22(15-34(30)7-8-34)40-9-3-4-20(16-40)31(36)37/h5-6,12-13,17,20,22,31H,3-4,7-11,14-16H2,1-2H3,(H,43,44)/t20-,22+/m0/s1. The van der Waals surface area contributed by atoms with Crippen LogP contribution in [0.2, 0.25) is 5.02 Å². The Labute approximate surface area is 274 Å². The van der Waals surface area contributed by atoms with Gasteiger partial charge >= 0.3 is 5.97 Å². The number of aromatic carboxylic acids is 1. The number of thiophene rings is 1. The minimum Gasteiger partial charge on any atom is -0.491 e. The largest absolute Gasteiger partial charge is 0.491 e. The lowest BCUT2D eigenvalue weighted by molar-refractivity contribution is 0.00962. The van der Waals surface area contributed by atoms with Crippen molar-refractivity contribution in [2.75, 3.05) is 19.7 Å². The fourth-order valence-corrected chi connectivity index (χ4v) is 8.63. The van der Waals surface area contributed by atoms with Gasteiger partial charge in [0.05, 0.1) is 28.0 Å². The van der Waals surface area contributed by atoms with E-state index in [1.165, 1.54) is 11.3 Å². The Morgan fingerprint density at radius 2 is 2.02 bits per heavy atom. The number of carboxylic acids is 1. The van der Waals surface area contributed by atoms with Crippen molar-refractivity contribution in [2.24, 2.45) is 5.92 Å². The van der Waals surface area contributed by atoms with Crippen LogP contribution in [0.3, 0.4) is 0 Å². The van der Waals surface area contributed by atoms with Gasteiger partial charge in [-0.1, -0.05) is 11.6 Å². The number of fused-ring (bicyclic) bond motifs is 3. The van der Waals surface area contributed by atoms with E-state index in [1.54, 1.807) is 28.1 Å². The van der Waals surface area contributed by atoms with Crippen molar-refractivity contribution in [3.8, 4) is 16.9 Å². The Morgan fingerprint density at radius 1 is 1.22 bits per heavy atom. The molecule has 1 aliphatic heterocycles. The normalized spacial score (nSPS) is 20.7. The van der Waals surface area contributed by atoms with Gasteiger partial charge in [-0.15, -0.1) is 11.3 Å². The SMILES string of the molecule is Cc1cc(-c2cc(Cl)ccc2OCCn2c(C)nc3c(c2=O)C[C@@H](N2CCC[C@H](C(F)F)C2)CC32CC2)c2scc(C(=O)O)c2n1. The molecular weight excluding hydrogens is 634 g/mol. The Hall–Kier alpha value is -3.41. The van der Waals surface area contributed by atoms with Crippen molar-refractivity contribution < 1.29 is 23.4 Å². The number of pyridine rings is 1. The molecule has 0 bridgehead atoms. The molecule has 3 aliphatic rings. The van der Waals surface area contributed by atoms with E-state index in [9.17, 15) is 23.5 Å². The predicted octanol–water partition coefficient (Wildman–Crippen LogP) is 6.89. The van der Waals surface area contributed by atoms with Crippen LogP contribution in [0.15, 0.2) is 34.4 Å². The highest BCUT2D eigenvalue weighted by Gasteiger charge is 2.53. The molecule has 242 valence electrons. The number of rotatable bonds is 8. The number of aromatic nitrogens is 3. The lowest BCUT2D eigenvalue weighted by Gasteiger charge is -2.42. The van der Waals surface area contributed by atoms with Crippen molar-refractivity contribution >= 4 is 39.1 Å². The number of carbonyl (C=O) groups is 1. The molecule has 0 radical (unpaired) electrons. The van der Waals surface area contributed by atoms with Gasteiger partial charge in [-0.05, 0) is 83.2 Å². The smallest absolute Gasteiger partial charge is 0.338 e. The third-order valence-corrected chi connectivity index (χ3v) is 11.2. The molecule has 2 atom stereocenters. The summed E-state index contributed by atoms with van der Waals surface area (Å²) in [6.45, 7) is 5.29. The number of alkyl halides is 2. The molecule has 1 saturated heterocycles. The van der Waals surface area contributed by atoms with E-state index >= 15 is 0 Å². The van der Waals surface area contributed by atoms with Crippen LogP contribution >= 0.6 is 22.9 Å². The van der Waals surface area contributed by atoms with Crippen LogP contribution in [0.25, 0.3) is 21.3 Å². The Kier molecular flexibility index (Phi) is 8.13. The van der Waals surface area contributed by atoms with Crippen LogP contribution < -0.4 is 10.3 Å². The first-order chi connectivity index (χ1) is 22.0. The average molecular weight is 669 g/mol. The zero-order valence-electron chi connectivity index (χ0n) is 25.7. The Balaban J connectivity index is 1.15. The summed E-state index contributed by atoms with van der Waals surface area (Å²) >= 11 is 7.72. The molecule has 8 nitrogen and oxygen atoms in total. The monoisotopic (exact) mass is 668 g/mol. The van der Waals surface area contributed by atoms with Gasteiger partial charge in [0.15, 0.2) is 0 Å². The molecule has 1 N–H and O–H groups in total. The van der Waals surface area contributed by atoms with Crippen molar-refractivity contribution in [3.05, 3.63) is 73.4 Å². The van der Waals surface area contributed by atoms with Gasteiger partial charge in [-0.2, -0.15) is 0 Å². The molecule has 46 heavy (non-hydrogen) atoms. The number of nitrogens with zero attached hydrogens (tertiary/aromatic N) is 4. The third-order valence-electron chi connectivity index (χ3n) is 9.92. The minimum absolute atomic E-state index is 0.0645. The molecule has 0 amide bonds. The van der Waals surface area contributed by atoms with Crippen molar-refractivity contribution in [3.63, 3.8) is 0 Å². The van der Waals surface area contributed by atoms with Crippen LogP contribution in [0.4, 0.5) is 8.78 Å². The first kappa shape index (κ1) is 31.2. The molecule has 12 heteroatoms. The number of likely N-dealkylation sites (tertiary alicyclic amines) is 1. The molecule has 2 fully saturated rings. The van der Waals surface area contributed by atoms with Crippen LogP contribution in [0.5, 0.6) is 5.75 Å². The Morgan fingerprint density at radius 3 is 2.76 bits per heavy atom. The molecule has 7 rings (SSSR count). The second-order valence-corrected chi connectivity index (χ2v) is 14.3. The van der Waals surface area contributed by atoms with E-state index in [2.05, 4.69) is 9.88 Å². The summed E-state index contributed by atoms with van der Waals surface area (Å²) in [6.07, 6.45) is 2.32. The van der Waals surface area contributed by atoms with Crippen molar-refractivity contribution in [1.82, 2.24) is 19.4 Å². The first-order valence-electron chi connectivity index (χ1n) is 15.7. The van der Waals surface area contributed by atoms with E-state index in [0.29, 0.717) is 58.3 Å². The van der Waals surface area contributed by atoms with E-state index in [-0.39, 0.29) is 35.7 Å². The van der Waals surface area contributed by atoms with Gasteiger partial charge < -0.3 is 9.84 Å². The highest BCUT2D eigenvalue weighted by Crippen LogP contribution is 2.55. The van der Waals surface area contributed by atoms with E-state index < -0.39 is 18.3 Å². The van der Waals surface area contributed by atoms with Crippen LogP contribution in [-0.2, 0) is 18.4 Å². The molecule has 1 aromatic carbocycles. The number of piperidine rings is 1. The highest BCUT2D eigenvalue weighted by molar-refractivity contribution is 7.18. The lowest BCUT2D eigenvalue weighted by Crippen LogP contribution is -2.50. The average Bonchev–Trinajstić information content (AvgIpc) is 3.66. The van der Waals surface area contributed by atoms with Gasteiger partial charge in [0, 0.05) is 56.7 Å². The lowest BCUT2D eigenvalue weighted by atomic mass is 9.79. The second kappa shape index (κ2) is 12.0. The summed E-state index contributed by atoms with van der Waals surface area (Å²) in [4.78, 5) is 37.5. The zero-order valence-corrected chi connectivity index (χ0v) is 27.3. The molecular formula is C34H35ClF2N4O4S. The number of carboxylic acid groups (broad SMARTS) is 1. The fraction of sp³-hybridized carbons (Fsp3) is 0.471. The molecule has 3 aromatic heterocycles. The summed E-state index contributed by atoms with van der Waals surface area (Å²) in [5.74, 6) is -0.465. The van der Waals surface area contributed by atoms with Crippen molar-refractivity contribution in [1.29, 1.82) is 0 Å². The number of aryl methyl sites for hydroxylation is 2. The van der Waals surface area contributed by atoms with Crippen molar-refractivity contribution in [2.45, 2.75) is 76.8 Å². The molecule has 1 spiro atoms. The quantitative estimate of drug-likeness (QED) is 0.218. The topological polar surface area (TPSA) is 97.6 Å². The molecule has 4 aromatic rings. The number of hydrogen-bond acceptors (Lipinski definition) is 7. The summed E-state index contributed by atoms with van der Waals surface area (Å²) in [5.41, 5.74) is 4.13. The summed E-state index contributed by atoms with van der Waals surface area (Å²) in [6, 6.07) is 7.25. The summed E-state index contributed by atoms with van der Waals surface area (Å²) in [7, 11) is 0. The van der Waals surface area contributed by atoms with Gasteiger partial charge in [0.2, 0.25) is 6.43 Å². The molecule has 2 aliphatic carbocycles. The van der Waals surface area contributed by atoms with Gasteiger partial charge in [0.25, 0.3) is 5.56 Å². The maximum atomic E-state index is 14.0. The van der Waals surface area contributed by atoms with E-state index in [4.69, 9.17) is 21.3 Å². The van der Waals surface area contributed by atoms with Crippen LogP contribution in [0.1, 0.15) is 65.2 Å². The maximum absolute atomic E-state index is 14.0. The molecule has 0 unspecified atom stereocenters. The zero-order chi connectivity index (χ0) is 32.3. The van der Waals surface area contributed by atoms with Gasteiger partial charge in [-0.25, -0.2) is 18.6 Å². The van der Waals surface area contributed by atoms with Crippen LogP contribution in [0, 0.1) is 19.8 Å². The van der Waals surface area contributed by atoms with Gasteiger partial charge in [0.1, 0.15) is 18.2 Å². The van der Waals surface area contributed by atoms with E-state index in [1.807, 2.05) is 19.9 Å². The number of halogens is 3. The summed E-state index contributed by atoms with van der Waals surface area (Å²) < 4.78 is 35.9. The number of hydrogen-bond donors (Lipinski definition) is 1. The summed E-state index contributed by atoms with van der Waals surface area (Å²) in [5, 5.41) is 11.8. The maximum Gasteiger partial charge on any atom is 0.338 e. The van der Waals surface area contributed by atoms with E-state index in [0.717, 1.165) is 48.2 Å². The minimum atomic E-state index is -2.32. The van der Waals surface area contributed by atoms with Crippen LogP contribution in [-0.4, -0.2) is 62.7 Å². The van der Waals surface area contributed by atoms with Gasteiger partial charge in [-0.3, -0.25) is 19.2 Å². The predicted molar refractivity (Wildman–Crippen MR) is 174 cm³/mol. The number of ether oxygens (including phenoxy) is 1. The number of benzene rings is 1. The second-order valence-electron chi connectivity index (χ2n) is 12.9. The third kappa shape index (κ3) is 5.60. The molecule has 1 saturated carbocycles. The first-order valence-corrected chi connectivity index (χ1v) is 17.0. The molecule has 4 heterocycles.